The molecule has 1 N–H and O–H groups in total. The molecule has 2 rings (SSSR count). The fourth-order valence-electron chi connectivity index (χ4n) is 2.25. The Labute approximate surface area is 163 Å². The molecule has 0 saturated heterocycles. The zero-order valence-electron chi connectivity index (χ0n) is 14.1. The molecule has 0 bridgehead atoms. The van der Waals surface area contributed by atoms with Gasteiger partial charge in [0.1, 0.15) is 5.75 Å². The van der Waals surface area contributed by atoms with Crippen LogP contribution in [-0.4, -0.2) is 25.3 Å². The van der Waals surface area contributed by atoms with Crippen molar-refractivity contribution in [2.75, 3.05) is 19.4 Å². The predicted octanol–water partition coefficient (Wildman–Crippen LogP) is 4.98. The van der Waals surface area contributed by atoms with E-state index < -0.39 is 0 Å². The Morgan fingerprint density at radius 2 is 1.80 bits per heavy atom. The first-order valence-corrected chi connectivity index (χ1v) is 9.91. The first kappa shape index (κ1) is 20.0. The summed E-state index contributed by atoms with van der Waals surface area (Å²) in [7, 11) is 1.66. The van der Waals surface area contributed by atoms with Crippen molar-refractivity contribution in [1.29, 1.82) is 0 Å². The number of hydrogen-bond acceptors (Lipinski definition) is 3. The zero-order valence-corrected chi connectivity index (χ0v) is 16.4. The van der Waals surface area contributed by atoms with Gasteiger partial charge in [-0.05, 0) is 48.2 Å². The molecule has 0 spiro atoms. The van der Waals surface area contributed by atoms with Gasteiger partial charge in [0, 0.05) is 12.3 Å². The molecule has 25 heavy (non-hydrogen) atoms. The first-order valence-electron chi connectivity index (χ1n) is 8.00. The van der Waals surface area contributed by atoms with Crippen LogP contribution in [0.15, 0.2) is 42.5 Å². The SMILES string of the molecule is COc1ccc(CCCNC(=O)CSCc2ccc(Cl)c(Cl)c2)cc1. The fourth-order valence-corrected chi connectivity index (χ4v) is 3.38. The Balaban J connectivity index is 1.59. The van der Waals surface area contributed by atoms with Crippen molar-refractivity contribution in [3.8, 4) is 5.75 Å². The molecule has 0 aliphatic rings. The number of methoxy groups -OCH3 is 1. The van der Waals surface area contributed by atoms with Gasteiger partial charge in [-0.2, -0.15) is 0 Å². The maximum atomic E-state index is 11.9. The van der Waals surface area contributed by atoms with E-state index in [0.29, 0.717) is 22.3 Å². The van der Waals surface area contributed by atoms with Gasteiger partial charge in [0.2, 0.25) is 5.91 Å². The van der Waals surface area contributed by atoms with Crippen LogP contribution in [0.25, 0.3) is 0 Å². The van der Waals surface area contributed by atoms with Crippen molar-refractivity contribution < 1.29 is 9.53 Å². The molecule has 0 aromatic heterocycles. The number of hydrogen-bond donors (Lipinski definition) is 1. The smallest absolute Gasteiger partial charge is 0.230 e. The number of ether oxygens (including phenoxy) is 1. The lowest BCUT2D eigenvalue weighted by atomic mass is 10.1. The topological polar surface area (TPSA) is 38.3 Å². The first-order chi connectivity index (χ1) is 12.1. The second kappa shape index (κ2) is 10.6. The molecule has 134 valence electrons. The number of thioether (sulfide) groups is 1. The molecule has 0 unspecified atom stereocenters. The van der Waals surface area contributed by atoms with Gasteiger partial charge in [-0.1, -0.05) is 41.4 Å². The lowest BCUT2D eigenvalue weighted by Gasteiger charge is -2.07. The molecule has 2 aromatic rings. The molecule has 3 nitrogen and oxygen atoms in total. The number of nitrogens with one attached hydrogen (secondary N) is 1. The van der Waals surface area contributed by atoms with E-state index >= 15 is 0 Å². The number of rotatable bonds is 9. The molecular formula is C19H21Cl2NO2S. The summed E-state index contributed by atoms with van der Waals surface area (Å²) < 4.78 is 5.13. The summed E-state index contributed by atoms with van der Waals surface area (Å²) in [5.74, 6) is 2.08. The van der Waals surface area contributed by atoms with Gasteiger partial charge < -0.3 is 10.1 Å². The van der Waals surface area contributed by atoms with Crippen molar-refractivity contribution in [3.63, 3.8) is 0 Å². The third-order valence-electron chi connectivity index (χ3n) is 3.61. The quantitative estimate of drug-likeness (QED) is 0.605. The van der Waals surface area contributed by atoms with Gasteiger partial charge in [-0.3, -0.25) is 4.79 Å². The lowest BCUT2D eigenvalue weighted by Crippen LogP contribution is -2.26. The predicted molar refractivity (Wildman–Crippen MR) is 107 cm³/mol. The highest BCUT2D eigenvalue weighted by molar-refractivity contribution is 7.99. The van der Waals surface area contributed by atoms with Gasteiger partial charge in [0.25, 0.3) is 0 Å². The van der Waals surface area contributed by atoms with Crippen molar-refractivity contribution in [3.05, 3.63) is 63.6 Å². The molecule has 6 heteroatoms. The Morgan fingerprint density at radius 3 is 2.48 bits per heavy atom. The van der Waals surface area contributed by atoms with Gasteiger partial charge in [0.15, 0.2) is 0 Å². The number of carbonyl (C=O) groups is 1. The van der Waals surface area contributed by atoms with Crippen LogP contribution >= 0.6 is 35.0 Å². The normalized spacial score (nSPS) is 10.5. The highest BCUT2D eigenvalue weighted by atomic mass is 35.5. The number of benzene rings is 2. The van der Waals surface area contributed by atoms with Crippen molar-refractivity contribution in [1.82, 2.24) is 5.32 Å². The molecule has 0 aliphatic heterocycles. The molecule has 1 amide bonds. The van der Waals surface area contributed by atoms with Crippen molar-refractivity contribution >= 4 is 40.9 Å². The Hall–Kier alpha value is -1.36. The second-order valence-electron chi connectivity index (χ2n) is 5.54. The minimum atomic E-state index is 0.0554. The summed E-state index contributed by atoms with van der Waals surface area (Å²) in [6.07, 6.45) is 1.84. The molecular weight excluding hydrogens is 377 g/mol. The largest absolute Gasteiger partial charge is 0.497 e. The summed E-state index contributed by atoms with van der Waals surface area (Å²) >= 11 is 13.4. The summed E-state index contributed by atoms with van der Waals surface area (Å²) in [4.78, 5) is 11.9. The van der Waals surface area contributed by atoms with Gasteiger partial charge in [0.05, 0.1) is 22.9 Å². The number of halogens is 2. The van der Waals surface area contributed by atoms with Gasteiger partial charge in [-0.15, -0.1) is 11.8 Å². The molecule has 2 aromatic carbocycles. The molecule has 0 saturated carbocycles. The molecule has 0 radical (unpaired) electrons. The fraction of sp³-hybridized carbons (Fsp3) is 0.316. The summed E-state index contributed by atoms with van der Waals surface area (Å²) in [6, 6.07) is 13.5. The molecule has 0 atom stereocenters. The Kier molecular flexibility index (Phi) is 8.45. The summed E-state index contributed by atoms with van der Waals surface area (Å²) in [5.41, 5.74) is 2.30. The van der Waals surface area contributed by atoms with Crippen molar-refractivity contribution in [2.45, 2.75) is 18.6 Å². The van der Waals surface area contributed by atoms with Crippen LogP contribution in [0.3, 0.4) is 0 Å². The maximum absolute atomic E-state index is 11.9. The summed E-state index contributed by atoms with van der Waals surface area (Å²) in [5, 5.41) is 4.04. The van der Waals surface area contributed by atoms with Crippen LogP contribution in [-0.2, 0) is 17.0 Å². The van der Waals surface area contributed by atoms with E-state index in [2.05, 4.69) is 5.32 Å². The molecule has 0 fully saturated rings. The Bertz CT molecular complexity index is 692. The average Bonchev–Trinajstić information content (AvgIpc) is 2.62. The van der Waals surface area contributed by atoms with Crippen LogP contribution < -0.4 is 10.1 Å². The standard InChI is InChI=1S/C19H21Cl2NO2S/c1-24-16-7-4-14(5-8-16)3-2-10-22-19(23)13-25-12-15-6-9-17(20)18(21)11-15/h4-9,11H,2-3,10,12-13H2,1H3,(H,22,23). The summed E-state index contributed by atoms with van der Waals surface area (Å²) in [6.45, 7) is 0.679. The molecule has 0 heterocycles. The van der Waals surface area contributed by atoms with Crippen LogP contribution in [0.1, 0.15) is 17.5 Å². The van der Waals surface area contributed by atoms with Crippen molar-refractivity contribution in [2.24, 2.45) is 0 Å². The van der Waals surface area contributed by atoms with E-state index in [-0.39, 0.29) is 5.91 Å². The van der Waals surface area contributed by atoms with Crippen LogP contribution in [0.2, 0.25) is 10.0 Å². The maximum Gasteiger partial charge on any atom is 0.230 e. The van der Waals surface area contributed by atoms with Crippen LogP contribution in [0.4, 0.5) is 0 Å². The van der Waals surface area contributed by atoms with Gasteiger partial charge >= 0.3 is 0 Å². The number of carbonyl (C=O) groups excluding carboxylic acids is 1. The van der Waals surface area contributed by atoms with E-state index in [4.69, 9.17) is 27.9 Å². The van der Waals surface area contributed by atoms with E-state index in [1.165, 1.54) is 5.56 Å². The molecule has 0 aliphatic carbocycles. The van der Waals surface area contributed by atoms with E-state index in [1.807, 2.05) is 36.4 Å². The average molecular weight is 398 g/mol. The highest BCUT2D eigenvalue weighted by Gasteiger charge is 2.04. The highest BCUT2D eigenvalue weighted by Crippen LogP contribution is 2.24. The Morgan fingerprint density at radius 1 is 1.08 bits per heavy atom. The lowest BCUT2D eigenvalue weighted by molar-refractivity contribution is -0.118. The monoisotopic (exact) mass is 397 g/mol. The van der Waals surface area contributed by atoms with E-state index in [1.54, 1.807) is 24.9 Å². The minimum Gasteiger partial charge on any atom is -0.497 e. The third-order valence-corrected chi connectivity index (χ3v) is 5.35. The number of amides is 1. The van der Waals surface area contributed by atoms with E-state index in [9.17, 15) is 4.79 Å². The van der Waals surface area contributed by atoms with Gasteiger partial charge in [-0.25, -0.2) is 0 Å². The minimum absolute atomic E-state index is 0.0554. The second-order valence-corrected chi connectivity index (χ2v) is 7.34. The third kappa shape index (κ3) is 7.18. The number of aryl methyl sites for hydroxylation is 1. The van der Waals surface area contributed by atoms with Crippen LogP contribution in [0.5, 0.6) is 5.75 Å². The van der Waals surface area contributed by atoms with Crippen LogP contribution in [0, 0.1) is 0 Å². The van der Waals surface area contributed by atoms with E-state index in [0.717, 1.165) is 29.9 Å². The zero-order chi connectivity index (χ0) is 18.1.